The number of aliphatic hydroxyl groups is 1. The molecule has 5 heteroatoms. The summed E-state index contributed by atoms with van der Waals surface area (Å²) in [4.78, 5) is 21.4. The van der Waals surface area contributed by atoms with Crippen LogP contribution in [0.3, 0.4) is 0 Å². The van der Waals surface area contributed by atoms with Crippen LogP contribution in [0.4, 0.5) is 0 Å². The zero-order valence-electron chi connectivity index (χ0n) is 12.8. The minimum atomic E-state index is -1.02. The molecule has 0 aromatic rings. The minimum Gasteiger partial charge on any atom is -0.466 e. The largest absolute Gasteiger partial charge is 0.466 e. The van der Waals surface area contributed by atoms with Gasteiger partial charge in [-0.3, -0.25) is 4.79 Å². The van der Waals surface area contributed by atoms with Crippen LogP contribution >= 0.6 is 0 Å². The molecule has 0 amide bonds. The molecule has 120 valence electrons. The van der Waals surface area contributed by atoms with E-state index in [-0.39, 0.29) is 5.97 Å². The molecule has 1 heterocycles. The quantitative estimate of drug-likeness (QED) is 0.469. The van der Waals surface area contributed by atoms with Crippen molar-refractivity contribution in [2.75, 3.05) is 6.61 Å². The van der Waals surface area contributed by atoms with Crippen LogP contribution in [-0.2, 0) is 19.1 Å². The molecule has 0 aromatic heterocycles. The molecule has 1 aliphatic heterocycles. The summed E-state index contributed by atoms with van der Waals surface area (Å²) in [6.07, 6.45) is 9.98. The van der Waals surface area contributed by atoms with Crippen LogP contribution in [0.25, 0.3) is 0 Å². The van der Waals surface area contributed by atoms with E-state index < -0.39 is 12.3 Å². The van der Waals surface area contributed by atoms with Gasteiger partial charge < -0.3 is 14.6 Å². The van der Waals surface area contributed by atoms with Crippen molar-refractivity contribution in [3.05, 3.63) is 11.6 Å². The number of rotatable bonds is 11. The number of hydrogen-bond acceptors (Lipinski definition) is 5. The van der Waals surface area contributed by atoms with E-state index in [1.165, 1.54) is 38.7 Å². The topological polar surface area (TPSA) is 72.8 Å². The van der Waals surface area contributed by atoms with E-state index in [9.17, 15) is 14.7 Å². The van der Waals surface area contributed by atoms with Gasteiger partial charge in [0.25, 0.3) is 0 Å². The van der Waals surface area contributed by atoms with E-state index in [0.29, 0.717) is 12.2 Å². The minimum absolute atomic E-state index is 0.204. The molecule has 0 aromatic carbocycles. The fraction of sp³-hybridized carbons (Fsp3) is 0.750. The third kappa shape index (κ3) is 8.50. The van der Waals surface area contributed by atoms with Crippen molar-refractivity contribution in [1.29, 1.82) is 0 Å². The molecular weight excluding hydrogens is 272 g/mol. The first-order valence-corrected chi connectivity index (χ1v) is 7.82. The van der Waals surface area contributed by atoms with Gasteiger partial charge in [-0.2, -0.15) is 0 Å². The van der Waals surface area contributed by atoms with Crippen LogP contribution in [0.2, 0.25) is 0 Å². The predicted molar refractivity (Wildman–Crippen MR) is 78.4 cm³/mol. The van der Waals surface area contributed by atoms with E-state index >= 15 is 0 Å². The highest BCUT2D eigenvalue weighted by atomic mass is 16.6. The lowest BCUT2D eigenvalue weighted by Crippen LogP contribution is -2.09. The average molecular weight is 298 g/mol. The third-order valence-corrected chi connectivity index (χ3v) is 3.51. The van der Waals surface area contributed by atoms with Crippen molar-refractivity contribution in [2.24, 2.45) is 0 Å². The summed E-state index contributed by atoms with van der Waals surface area (Å²) in [5.74, 6) is -0.643. The number of aliphatic hydroxyl groups excluding tert-OH is 1. The van der Waals surface area contributed by atoms with E-state index in [1.54, 1.807) is 0 Å². The summed E-state index contributed by atoms with van der Waals surface area (Å²) in [6.45, 7) is 1.97. The number of hydrogen-bond donors (Lipinski definition) is 1. The Labute approximate surface area is 126 Å². The van der Waals surface area contributed by atoms with Crippen LogP contribution in [0.1, 0.15) is 64.7 Å². The molecule has 0 spiro atoms. The summed E-state index contributed by atoms with van der Waals surface area (Å²) in [5, 5.41) is 9.39. The Hall–Kier alpha value is -1.36. The maximum Gasteiger partial charge on any atom is 0.333 e. The fourth-order valence-corrected chi connectivity index (χ4v) is 2.35. The Morgan fingerprint density at radius 1 is 1.14 bits per heavy atom. The van der Waals surface area contributed by atoms with Gasteiger partial charge >= 0.3 is 11.9 Å². The molecule has 1 atom stereocenters. The lowest BCUT2D eigenvalue weighted by molar-refractivity contribution is -0.151. The van der Waals surface area contributed by atoms with Crippen LogP contribution in [0, 0.1) is 0 Å². The Balaban J connectivity index is 1.84. The van der Waals surface area contributed by atoms with E-state index in [2.05, 4.69) is 4.74 Å². The zero-order chi connectivity index (χ0) is 15.5. The number of ether oxygens (including phenoxy) is 2. The summed E-state index contributed by atoms with van der Waals surface area (Å²) < 4.78 is 9.49. The lowest BCUT2D eigenvalue weighted by atomic mass is 10.0. The molecule has 0 fully saturated rings. The van der Waals surface area contributed by atoms with Gasteiger partial charge in [-0.15, -0.1) is 0 Å². The van der Waals surface area contributed by atoms with Gasteiger partial charge in [-0.05, 0) is 19.3 Å². The van der Waals surface area contributed by atoms with Gasteiger partial charge in [0, 0.05) is 18.6 Å². The fourth-order valence-electron chi connectivity index (χ4n) is 2.35. The van der Waals surface area contributed by atoms with Crippen molar-refractivity contribution in [1.82, 2.24) is 0 Å². The van der Waals surface area contributed by atoms with Crippen LogP contribution in [-0.4, -0.2) is 29.9 Å². The average Bonchev–Trinajstić information content (AvgIpc) is 2.74. The first kappa shape index (κ1) is 17.7. The van der Waals surface area contributed by atoms with E-state index in [0.717, 1.165) is 32.1 Å². The standard InChI is InChI=1S/C16H26O5/c1-13(17)20-11-9-7-5-3-2-4-6-8-10-14-12-15(18)21-16(14)19/h12,16,19H,2-11H2,1H3. The number of carbonyl (C=O) groups is 2. The van der Waals surface area contributed by atoms with Crippen molar-refractivity contribution in [2.45, 2.75) is 71.0 Å². The normalized spacial score (nSPS) is 17.5. The molecule has 1 N–H and O–H groups in total. The third-order valence-electron chi connectivity index (χ3n) is 3.51. The van der Waals surface area contributed by atoms with E-state index in [1.807, 2.05) is 0 Å². The van der Waals surface area contributed by atoms with Crippen molar-refractivity contribution < 1.29 is 24.2 Å². The maximum atomic E-state index is 10.9. The molecule has 1 unspecified atom stereocenters. The highest BCUT2D eigenvalue weighted by molar-refractivity contribution is 5.85. The van der Waals surface area contributed by atoms with Gasteiger partial charge in [0.05, 0.1) is 6.61 Å². The Bertz CT molecular complexity index is 362. The second-order valence-corrected chi connectivity index (χ2v) is 5.43. The molecule has 0 bridgehead atoms. The molecule has 0 aliphatic carbocycles. The zero-order valence-corrected chi connectivity index (χ0v) is 12.8. The predicted octanol–water partition coefficient (Wildman–Crippen LogP) is 2.86. The summed E-state index contributed by atoms with van der Waals surface area (Å²) in [5.41, 5.74) is 0.700. The van der Waals surface area contributed by atoms with Crippen molar-refractivity contribution in [3.8, 4) is 0 Å². The SMILES string of the molecule is CC(=O)OCCCCCCCCCCC1=CC(=O)OC1O. The highest BCUT2D eigenvalue weighted by Gasteiger charge is 2.22. The van der Waals surface area contributed by atoms with Crippen LogP contribution in [0.5, 0.6) is 0 Å². The maximum absolute atomic E-state index is 10.9. The summed E-state index contributed by atoms with van der Waals surface area (Å²) >= 11 is 0. The summed E-state index contributed by atoms with van der Waals surface area (Å²) in [6, 6.07) is 0. The second-order valence-electron chi connectivity index (χ2n) is 5.43. The molecule has 5 nitrogen and oxygen atoms in total. The number of cyclic esters (lactones) is 1. The molecule has 0 saturated heterocycles. The molecular formula is C16H26O5. The van der Waals surface area contributed by atoms with Gasteiger partial charge in [0.2, 0.25) is 6.29 Å². The highest BCUT2D eigenvalue weighted by Crippen LogP contribution is 2.20. The summed E-state index contributed by atoms with van der Waals surface area (Å²) in [7, 11) is 0. The molecule has 1 aliphatic rings. The first-order chi connectivity index (χ1) is 10.1. The Morgan fingerprint density at radius 2 is 1.71 bits per heavy atom. The smallest absolute Gasteiger partial charge is 0.333 e. The van der Waals surface area contributed by atoms with Gasteiger partial charge in [-0.25, -0.2) is 4.79 Å². The van der Waals surface area contributed by atoms with Crippen molar-refractivity contribution >= 4 is 11.9 Å². The number of unbranched alkanes of at least 4 members (excludes halogenated alkanes) is 7. The second kappa shape index (κ2) is 10.4. The number of esters is 2. The Morgan fingerprint density at radius 3 is 2.24 bits per heavy atom. The Kier molecular flexibility index (Phi) is 8.74. The lowest BCUT2D eigenvalue weighted by Gasteiger charge is -2.07. The van der Waals surface area contributed by atoms with Crippen LogP contribution in [0.15, 0.2) is 11.6 Å². The monoisotopic (exact) mass is 298 g/mol. The van der Waals surface area contributed by atoms with Crippen LogP contribution < -0.4 is 0 Å². The van der Waals surface area contributed by atoms with Gasteiger partial charge in [0.1, 0.15) is 0 Å². The molecule has 21 heavy (non-hydrogen) atoms. The molecule has 1 rings (SSSR count). The van der Waals surface area contributed by atoms with Crippen molar-refractivity contribution in [3.63, 3.8) is 0 Å². The van der Waals surface area contributed by atoms with E-state index in [4.69, 9.17) is 4.74 Å². The van der Waals surface area contributed by atoms with Gasteiger partial charge in [0.15, 0.2) is 0 Å². The first-order valence-electron chi connectivity index (χ1n) is 7.82. The molecule has 0 radical (unpaired) electrons. The number of carbonyl (C=O) groups excluding carboxylic acids is 2. The molecule has 0 saturated carbocycles. The van der Waals surface area contributed by atoms with Gasteiger partial charge in [-0.1, -0.05) is 38.5 Å².